The number of imidazole rings is 1. The topological polar surface area (TPSA) is 94.5 Å². The lowest BCUT2D eigenvalue weighted by Gasteiger charge is -2.09. The second kappa shape index (κ2) is 4.41. The van der Waals surface area contributed by atoms with Crippen LogP contribution < -0.4 is 11.1 Å². The smallest absolute Gasteiger partial charge is 0.242 e. The van der Waals surface area contributed by atoms with Gasteiger partial charge in [-0.3, -0.25) is 0 Å². The van der Waals surface area contributed by atoms with Crippen molar-refractivity contribution in [2.24, 2.45) is 0 Å². The Balaban J connectivity index is 1.95. The van der Waals surface area contributed by atoms with Crippen LogP contribution in [0.2, 0.25) is 0 Å². The van der Waals surface area contributed by atoms with E-state index in [2.05, 4.69) is 25.3 Å². The van der Waals surface area contributed by atoms with Gasteiger partial charge < -0.3 is 11.1 Å². The van der Waals surface area contributed by atoms with Crippen LogP contribution in [0.5, 0.6) is 0 Å². The minimum atomic E-state index is 0.215. The molecule has 0 bridgehead atoms. The number of hydrogen-bond donors (Lipinski definition) is 2. The molecule has 0 radical (unpaired) electrons. The number of fused-ring (bicyclic) bond motifs is 1. The number of nitrogens with zero attached hydrogens (tertiary/aromatic N) is 5. The molecule has 0 aliphatic heterocycles. The zero-order valence-electron chi connectivity index (χ0n) is 11.6. The number of benzene rings is 1. The summed E-state index contributed by atoms with van der Waals surface area (Å²) in [5.41, 5.74) is 7.61. The Morgan fingerprint density at radius 1 is 1.14 bits per heavy atom. The van der Waals surface area contributed by atoms with Crippen LogP contribution in [0.1, 0.15) is 18.7 Å². The molecule has 4 rings (SSSR count). The highest BCUT2D eigenvalue weighted by molar-refractivity contribution is 5.80. The van der Waals surface area contributed by atoms with Crippen LogP contribution in [0, 0.1) is 6.92 Å². The molecule has 2 heterocycles. The van der Waals surface area contributed by atoms with Gasteiger partial charge in [0.05, 0.1) is 11.0 Å². The van der Waals surface area contributed by atoms with Crippen molar-refractivity contribution in [3.8, 4) is 5.95 Å². The summed E-state index contributed by atoms with van der Waals surface area (Å²) in [5.74, 6) is 2.06. The van der Waals surface area contributed by atoms with Gasteiger partial charge >= 0.3 is 0 Å². The summed E-state index contributed by atoms with van der Waals surface area (Å²) in [7, 11) is 0. The predicted octanol–water partition coefficient (Wildman–Crippen LogP) is 1.68. The summed E-state index contributed by atoms with van der Waals surface area (Å²) in [6.07, 6.45) is 2.34. The van der Waals surface area contributed by atoms with E-state index in [0.29, 0.717) is 17.8 Å². The van der Waals surface area contributed by atoms with Crippen LogP contribution in [0.15, 0.2) is 24.3 Å². The van der Waals surface area contributed by atoms with Gasteiger partial charge in [0.15, 0.2) is 0 Å². The molecule has 2 aromatic heterocycles. The maximum absolute atomic E-state index is 5.76. The number of aryl methyl sites for hydroxylation is 1. The molecule has 1 saturated carbocycles. The fourth-order valence-corrected chi connectivity index (χ4v) is 2.32. The molecule has 0 amide bonds. The second-order valence-electron chi connectivity index (χ2n) is 5.22. The van der Waals surface area contributed by atoms with E-state index in [1.807, 2.05) is 28.8 Å². The number of anilines is 2. The normalized spacial score (nSPS) is 14.5. The maximum Gasteiger partial charge on any atom is 0.242 e. The lowest BCUT2D eigenvalue weighted by atomic mass is 10.3. The maximum atomic E-state index is 5.76. The fraction of sp³-hybridized carbons (Fsp3) is 0.286. The first-order valence-electron chi connectivity index (χ1n) is 6.93. The SMILES string of the molecule is Cc1nc(N)nc(-n2c(NC3CC3)nc3ccccc32)n1. The molecule has 0 saturated heterocycles. The van der Waals surface area contributed by atoms with Crippen molar-refractivity contribution in [2.45, 2.75) is 25.8 Å². The molecule has 0 atom stereocenters. The Labute approximate surface area is 121 Å². The van der Waals surface area contributed by atoms with E-state index in [4.69, 9.17) is 5.73 Å². The van der Waals surface area contributed by atoms with Crippen molar-refractivity contribution in [1.82, 2.24) is 24.5 Å². The van der Waals surface area contributed by atoms with Crippen LogP contribution in [0.4, 0.5) is 11.9 Å². The number of aromatic nitrogens is 5. The third-order valence-corrected chi connectivity index (χ3v) is 3.42. The average molecular weight is 281 g/mol. The molecule has 0 spiro atoms. The van der Waals surface area contributed by atoms with Crippen LogP contribution in [-0.2, 0) is 0 Å². The minimum Gasteiger partial charge on any atom is -0.368 e. The van der Waals surface area contributed by atoms with Crippen molar-refractivity contribution >= 4 is 22.9 Å². The third-order valence-electron chi connectivity index (χ3n) is 3.42. The summed E-state index contributed by atoms with van der Waals surface area (Å²) in [6, 6.07) is 8.39. The van der Waals surface area contributed by atoms with E-state index in [-0.39, 0.29) is 5.95 Å². The van der Waals surface area contributed by atoms with Crippen molar-refractivity contribution in [1.29, 1.82) is 0 Å². The number of rotatable bonds is 3. The molecule has 1 aliphatic carbocycles. The van der Waals surface area contributed by atoms with Gasteiger partial charge in [0.1, 0.15) is 5.82 Å². The highest BCUT2D eigenvalue weighted by Crippen LogP contribution is 2.28. The summed E-state index contributed by atoms with van der Waals surface area (Å²) in [5, 5.41) is 3.42. The quantitative estimate of drug-likeness (QED) is 0.758. The van der Waals surface area contributed by atoms with Crippen LogP contribution in [0.3, 0.4) is 0 Å². The van der Waals surface area contributed by atoms with Gasteiger partial charge in [0.25, 0.3) is 0 Å². The summed E-state index contributed by atoms with van der Waals surface area (Å²) in [6.45, 7) is 1.80. The molecule has 1 aliphatic rings. The van der Waals surface area contributed by atoms with E-state index >= 15 is 0 Å². The largest absolute Gasteiger partial charge is 0.368 e. The first-order chi connectivity index (χ1) is 10.2. The van der Waals surface area contributed by atoms with Crippen molar-refractivity contribution in [3.05, 3.63) is 30.1 Å². The minimum absolute atomic E-state index is 0.215. The van der Waals surface area contributed by atoms with Gasteiger partial charge in [0, 0.05) is 6.04 Å². The summed E-state index contributed by atoms with van der Waals surface area (Å²) < 4.78 is 1.90. The first kappa shape index (κ1) is 12.1. The molecular weight excluding hydrogens is 266 g/mol. The Bertz CT molecular complexity index is 799. The number of nitrogens with two attached hydrogens (primary N) is 1. The first-order valence-corrected chi connectivity index (χ1v) is 6.93. The van der Waals surface area contributed by atoms with Gasteiger partial charge in [0.2, 0.25) is 17.8 Å². The zero-order valence-corrected chi connectivity index (χ0v) is 11.6. The number of hydrogen-bond acceptors (Lipinski definition) is 6. The average Bonchev–Trinajstić information content (AvgIpc) is 3.16. The Kier molecular flexibility index (Phi) is 2.53. The molecule has 106 valence electrons. The third kappa shape index (κ3) is 2.16. The van der Waals surface area contributed by atoms with Crippen LogP contribution in [0.25, 0.3) is 17.0 Å². The number of para-hydroxylation sites is 2. The molecular formula is C14H15N7. The van der Waals surface area contributed by atoms with E-state index in [9.17, 15) is 0 Å². The Hall–Kier alpha value is -2.70. The molecule has 7 nitrogen and oxygen atoms in total. The van der Waals surface area contributed by atoms with Crippen LogP contribution in [-0.4, -0.2) is 30.5 Å². The van der Waals surface area contributed by atoms with Gasteiger partial charge in [-0.1, -0.05) is 12.1 Å². The standard InChI is InChI=1S/C14H15N7/c1-8-16-12(15)20-13(17-8)21-11-5-3-2-4-10(11)19-14(21)18-9-6-7-9/h2-5,9H,6-7H2,1H3,(H,18,19)(H2,15,16,17,20). The molecule has 0 unspecified atom stereocenters. The predicted molar refractivity (Wildman–Crippen MR) is 80.2 cm³/mol. The number of nitrogen functional groups attached to an aromatic ring is 1. The zero-order chi connectivity index (χ0) is 14.4. The molecule has 1 fully saturated rings. The van der Waals surface area contributed by atoms with Crippen molar-refractivity contribution in [2.75, 3.05) is 11.1 Å². The number of nitrogens with one attached hydrogen (secondary N) is 1. The lowest BCUT2D eigenvalue weighted by Crippen LogP contribution is -2.12. The summed E-state index contributed by atoms with van der Waals surface area (Å²) in [4.78, 5) is 17.3. The molecule has 3 aromatic rings. The van der Waals surface area contributed by atoms with Gasteiger partial charge in [-0.25, -0.2) is 9.55 Å². The van der Waals surface area contributed by atoms with Gasteiger partial charge in [-0.15, -0.1) is 0 Å². The highest BCUT2D eigenvalue weighted by atomic mass is 15.3. The summed E-state index contributed by atoms with van der Waals surface area (Å²) >= 11 is 0. The molecule has 7 heteroatoms. The Morgan fingerprint density at radius 3 is 2.71 bits per heavy atom. The van der Waals surface area contributed by atoms with Crippen LogP contribution >= 0.6 is 0 Å². The van der Waals surface area contributed by atoms with Gasteiger partial charge in [-0.2, -0.15) is 15.0 Å². The van der Waals surface area contributed by atoms with Crippen molar-refractivity contribution < 1.29 is 0 Å². The van der Waals surface area contributed by atoms with Gasteiger partial charge in [-0.05, 0) is 31.9 Å². The second-order valence-corrected chi connectivity index (χ2v) is 5.22. The highest BCUT2D eigenvalue weighted by Gasteiger charge is 2.25. The van der Waals surface area contributed by atoms with E-state index in [1.54, 1.807) is 6.92 Å². The Morgan fingerprint density at radius 2 is 1.95 bits per heavy atom. The van der Waals surface area contributed by atoms with E-state index in [0.717, 1.165) is 17.0 Å². The lowest BCUT2D eigenvalue weighted by molar-refractivity contribution is 0.884. The van der Waals surface area contributed by atoms with Crippen molar-refractivity contribution in [3.63, 3.8) is 0 Å². The fourth-order valence-electron chi connectivity index (χ4n) is 2.32. The molecule has 1 aromatic carbocycles. The molecule has 3 N–H and O–H groups in total. The monoisotopic (exact) mass is 281 g/mol. The van der Waals surface area contributed by atoms with E-state index < -0.39 is 0 Å². The van der Waals surface area contributed by atoms with E-state index in [1.165, 1.54) is 12.8 Å². The molecule has 21 heavy (non-hydrogen) atoms.